The summed E-state index contributed by atoms with van der Waals surface area (Å²) in [7, 11) is 1.84. The van der Waals surface area contributed by atoms with Gasteiger partial charge in [0.2, 0.25) is 0 Å². The largest absolute Gasteiger partial charge is 0.399 e. The molecule has 0 aromatic heterocycles. The number of nitrogen functional groups attached to an aromatic ring is 1. The minimum atomic E-state index is 0.511. The molecule has 2 rings (SSSR count). The fraction of sp³-hybridized carbons (Fsp3) is 0.389. The summed E-state index contributed by atoms with van der Waals surface area (Å²) in [6, 6.07) is 8.25. The lowest BCUT2D eigenvalue weighted by Crippen LogP contribution is -2.39. The van der Waals surface area contributed by atoms with E-state index in [1.165, 1.54) is 18.4 Å². The Labute approximate surface area is 127 Å². The van der Waals surface area contributed by atoms with Crippen molar-refractivity contribution in [2.75, 3.05) is 25.9 Å². The number of likely N-dealkylation sites (tertiary alicyclic amines) is 1. The van der Waals surface area contributed by atoms with Gasteiger partial charge in [-0.1, -0.05) is 30.9 Å². The van der Waals surface area contributed by atoms with Crippen molar-refractivity contribution in [1.29, 1.82) is 0 Å². The third-order valence-corrected chi connectivity index (χ3v) is 3.97. The number of hydrogen-bond donors (Lipinski definition) is 1. The maximum atomic E-state index is 5.91. The molecule has 1 atom stereocenters. The molecule has 0 radical (unpaired) electrons. The van der Waals surface area contributed by atoms with Crippen LogP contribution in [0.25, 0.3) is 0 Å². The molecule has 1 aromatic carbocycles. The molecule has 112 valence electrons. The second-order valence-electron chi connectivity index (χ2n) is 5.53. The second kappa shape index (κ2) is 7.11. The van der Waals surface area contributed by atoms with Crippen molar-refractivity contribution < 1.29 is 0 Å². The van der Waals surface area contributed by atoms with Gasteiger partial charge in [0.15, 0.2) is 0 Å². The molecule has 21 heavy (non-hydrogen) atoms. The van der Waals surface area contributed by atoms with E-state index in [1.807, 2.05) is 38.3 Å². The standard InChI is InChI=1S/C18H25N3/c1-4-7-14(2)18(20-3)21-11-6-9-16(13-21)15-8-5-10-17(19)12-15/h4-5,7-8,10,12,16H,2,6,9,11,13,19H2,1,3H3/b7-4-,20-18?. The van der Waals surface area contributed by atoms with Crippen LogP contribution in [0.3, 0.4) is 0 Å². The highest BCUT2D eigenvalue weighted by Gasteiger charge is 2.24. The van der Waals surface area contributed by atoms with Gasteiger partial charge in [0.25, 0.3) is 0 Å². The van der Waals surface area contributed by atoms with Gasteiger partial charge < -0.3 is 10.6 Å². The van der Waals surface area contributed by atoms with E-state index in [2.05, 4.69) is 28.6 Å². The zero-order valence-electron chi connectivity index (χ0n) is 13.0. The summed E-state index contributed by atoms with van der Waals surface area (Å²) in [4.78, 5) is 6.79. The molecular weight excluding hydrogens is 258 g/mol. The molecule has 1 unspecified atom stereocenters. The van der Waals surface area contributed by atoms with E-state index in [-0.39, 0.29) is 0 Å². The number of hydrogen-bond acceptors (Lipinski definition) is 2. The summed E-state index contributed by atoms with van der Waals surface area (Å²) in [5.74, 6) is 1.51. The van der Waals surface area contributed by atoms with Gasteiger partial charge in [0.05, 0.1) is 0 Å². The van der Waals surface area contributed by atoms with E-state index in [0.717, 1.165) is 30.2 Å². The molecule has 3 nitrogen and oxygen atoms in total. The number of rotatable bonds is 3. The summed E-state index contributed by atoms with van der Waals surface area (Å²) >= 11 is 0. The normalized spacial score (nSPS) is 20.0. The van der Waals surface area contributed by atoms with Crippen LogP contribution in [0.15, 0.2) is 53.6 Å². The average Bonchev–Trinajstić information content (AvgIpc) is 2.49. The second-order valence-corrected chi connectivity index (χ2v) is 5.53. The number of nitrogens with two attached hydrogens (primary N) is 1. The van der Waals surface area contributed by atoms with Gasteiger partial charge in [-0.3, -0.25) is 4.99 Å². The first-order chi connectivity index (χ1) is 10.2. The summed E-state index contributed by atoms with van der Waals surface area (Å²) in [5, 5.41) is 0. The first kappa shape index (κ1) is 15.4. The molecular formula is C18H25N3. The molecule has 0 aliphatic carbocycles. The Morgan fingerprint density at radius 1 is 1.48 bits per heavy atom. The number of benzene rings is 1. The molecule has 0 amide bonds. The number of anilines is 1. The average molecular weight is 283 g/mol. The van der Waals surface area contributed by atoms with Crippen LogP contribution in [0.1, 0.15) is 31.2 Å². The van der Waals surface area contributed by atoms with Crippen LogP contribution in [-0.2, 0) is 0 Å². The fourth-order valence-electron chi connectivity index (χ4n) is 3.02. The summed E-state index contributed by atoms with van der Waals surface area (Å²) < 4.78 is 0. The third kappa shape index (κ3) is 3.75. The predicted molar refractivity (Wildman–Crippen MR) is 91.7 cm³/mol. The first-order valence-electron chi connectivity index (χ1n) is 7.55. The van der Waals surface area contributed by atoms with E-state index < -0.39 is 0 Å². The topological polar surface area (TPSA) is 41.6 Å². The van der Waals surface area contributed by atoms with Crippen LogP contribution in [0.4, 0.5) is 5.69 Å². The minimum absolute atomic E-state index is 0.511. The Morgan fingerprint density at radius 2 is 2.29 bits per heavy atom. The first-order valence-corrected chi connectivity index (χ1v) is 7.55. The van der Waals surface area contributed by atoms with Gasteiger partial charge >= 0.3 is 0 Å². The maximum Gasteiger partial charge on any atom is 0.130 e. The van der Waals surface area contributed by atoms with E-state index in [0.29, 0.717) is 5.92 Å². The van der Waals surface area contributed by atoms with Gasteiger partial charge in [-0.15, -0.1) is 0 Å². The van der Waals surface area contributed by atoms with Crippen LogP contribution in [0.2, 0.25) is 0 Å². The molecule has 0 saturated carbocycles. The summed E-state index contributed by atoms with van der Waals surface area (Å²) in [5.41, 5.74) is 9.06. The molecule has 1 aliphatic rings. The maximum absolute atomic E-state index is 5.91. The third-order valence-electron chi connectivity index (χ3n) is 3.97. The Kier molecular flexibility index (Phi) is 5.20. The zero-order valence-corrected chi connectivity index (χ0v) is 13.0. The van der Waals surface area contributed by atoms with Gasteiger partial charge in [-0.05, 0) is 37.5 Å². The molecule has 1 heterocycles. The molecule has 1 aromatic rings. The Bertz CT molecular complexity index is 557. The van der Waals surface area contributed by atoms with Gasteiger partial charge in [0, 0.05) is 37.3 Å². The highest BCUT2D eigenvalue weighted by molar-refractivity contribution is 6.00. The van der Waals surface area contributed by atoms with Crippen LogP contribution in [0, 0.1) is 0 Å². The van der Waals surface area contributed by atoms with Crippen molar-refractivity contribution in [3.05, 3.63) is 54.1 Å². The number of aliphatic imine (C=N–C) groups is 1. The van der Waals surface area contributed by atoms with Gasteiger partial charge in [0.1, 0.15) is 5.84 Å². The van der Waals surface area contributed by atoms with Crippen LogP contribution >= 0.6 is 0 Å². The molecule has 3 heteroatoms. The van der Waals surface area contributed by atoms with Gasteiger partial charge in [-0.25, -0.2) is 0 Å². The smallest absolute Gasteiger partial charge is 0.130 e. The van der Waals surface area contributed by atoms with E-state index >= 15 is 0 Å². The van der Waals surface area contributed by atoms with Crippen molar-refractivity contribution in [1.82, 2.24) is 4.90 Å². The van der Waals surface area contributed by atoms with Gasteiger partial charge in [-0.2, -0.15) is 0 Å². The summed E-state index contributed by atoms with van der Waals surface area (Å²) in [6.07, 6.45) is 6.40. The number of piperidine rings is 1. The number of allylic oxidation sites excluding steroid dienone is 1. The molecule has 1 aliphatic heterocycles. The molecule has 0 bridgehead atoms. The quantitative estimate of drug-likeness (QED) is 0.398. The number of nitrogens with zero attached hydrogens (tertiary/aromatic N) is 2. The fourth-order valence-corrected chi connectivity index (χ4v) is 3.02. The van der Waals surface area contributed by atoms with Crippen LogP contribution in [-0.4, -0.2) is 30.9 Å². The van der Waals surface area contributed by atoms with Crippen LogP contribution in [0.5, 0.6) is 0 Å². The van der Waals surface area contributed by atoms with Crippen molar-refractivity contribution >= 4 is 11.5 Å². The van der Waals surface area contributed by atoms with E-state index in [1.54, 1.807) is 0 Å². The Hall–Kier alpha value is -2.03. The Balaban J connectivity index is 2.15. The van der Waals surface area contributed by atoms with E-state index in [4.69, 9.17) is 5.73 Å². The van der Waals surface area contributed by atoms with E-state index in [9.17, 15) is 0 Å². The van der Waals surface area contributed by atoms with Crippen molar-refractivity contribution in [2.45, 2.75) is 25.7 Å². The lowest BCUT2D eigenvalue weighted by atomic mass is 9.90. The van der Waals surface area contributed by atoms with Crippen molar-refractivity contribution in [2.24, 2.45) is 4.99 Å². The van der Waals surface area contributed by atoms with Crippen molar-refractivity contribution in [3.63, 3.8) is 0 Å². The SMILES string of the molecule is C=C(/C=C\C)C(=NC)N1CCCC(c2cccc(N)c2)C1. The highest BCUT2D eigenvalue weighted by Crippen LogP contribution is 2.28. The summed E-state index contributed by atoms with van der Waals surface area (Å²) in [6.45, 7) is 8.15. The molecule has 0 spiro atoms. The van der Waals surface area contributed by atoms with Crippen LogP contribution < -0.4 is 5.73 Å². The zero-order chi connectivity index (χ0) is 15.2. The lowest BCUT2D eigenvalue weighted by Gasteiger charge is -2.35. The Morgan fingerprint density at radius 3 is 2.95 bits per heavy atom. The minimum Gasteiger partial charge on any atom is -0.399 e. The molecule has 1 fully saturated rings. The lowest BCUT2D eigenvalue weighted by molar-refractivity contribution is 0.309. The predicted octanol–water partition coefficient (Wildman–Crippen LogP) is 3.61. The van der Waals surface area contributed by atoms with Crippen molar-refractivity contribution in [3.8, 4) is 0 Å². The highest BCUT2D eigenvalue weighted by atomic mass is 15.2. The number of amidine groups is 1. The monoisotopic (exact) mass is 283 g/mol. The molecule has 2 N–H and O–H groups in total. The molecule has 1 saturated heterocycles.